The number of benzene rings is 1. The molecule has 2 atom stereocenters. The van der Waals surface area contributed by atoms with Crippen LogP contribution in [0.3, 0.4) is 0 Å². The summed E-state index contributed by atoms with van der Waals surface area (Å²) in [6, 6.07) is 12.4. The molecule has 0 radical (unpaired) electrons. The second kappa shape index (κ2) is 7.28. The number of aryl methyl sites for hydroxylation is 1. The number of rotatable bonds is 3. The number of piperidine rings is 1. The first-order valence-corrected chi connectivity index (χ1v) is 9.69. The number of hydrogen-bond acceptors (Lipinski definition) is 3. The van der Waals surface area contributed by atoms with Crippen LogP contribution in [0.15, 0.2) is 42.6 Å². The first kappa shape index (κ1) is 17.3. The fourth-order valence-corrected chi connectivity index (χ4v) is 4.42. The third kappa shape index (κ3) is 3.56. The van der Waals surface area contributed by atoms with Gasteiger partial charge in [0.2, 0.25) is 5.91 Å². The number of amides is 1. The van der Waals surface area contributed by atoms with Crippen molar-refractivity contribution in [2.45, 2.75) is 32.2 Å². The quantitative estimate of drug-likeness (QED) is 0.827. The monoisotopic (exact) mass is 369 g/mol. The predicted molar refractivity (Wildman–Crippen MR) is 105 cm³/mol. The summed E-state index contributed by atoms with van der Waals surface area (Å²) in [6.07, 6.45) is 4.41. The van der Waals surface area contributed by atoms with E-state index in [1.807, 2.05) is 24.3 Å². The average Bonchev–Trinajstić information content (AvgIpc) is 3.05. The van der Waals surface area contributed by atoms with Crippen LogP contribution >= 0.6 is 11.6 Å². The Morgan fingerprint density at radius 2 is 2.08 bits per heavy atom. The largest absolute Gasteiger partial charge is 0.355 e. The zero-order chi connectivity index (χ0) is 18.1. The third-order valence-corrected chi connectivity index (χ3v) is 5.88. The van der Waals surface area contributed by atoms with Gasteiger partial charge in [0, 0.05) is 25.8 Å². The molecule has 0 spiro atoms. The molecule has 4 nitrogen and oxygen atoms in total. The van der Waals surface area contributed by atoms with Crippen LogP contribution < -0.4 is 4.90 Å². The molecule has 0 bridgehead atoms. The molecule has 0 saturated carbocycles. The zero-order valence-electron chi connectivity index (χ0n) is 15.1. The van der Waals surface area contributed by atoms with E-state index in [0.29, 0.717) is 23.4 Å². The van der Waals surface area contributed by atoms with Gasteiger partial charge < -0.3 is 9.80 Å². The number of aromatic nitrogens is 1. The van der Waals surface area contributed by atoms with Crippen molar-refractivity contribution in [1.29, 1.82) is 0 Å². The van der Waals surface area contributed by atoms with Crippen LogP contribution in [-0.4, -0.2) is 41.5 Å². The van der Waals surface area contributed by atoms with Crippen molar-refractivity contribution in [1.82, 2.24) is 9.88 Å². The first-order valence-electron chi connectivity index (χ1n) is 9.31. The number of likely N-dealkylation sites (tertiary alicyclic amines) is 1. The maximum absolute atomic E-state index is 12.9. The lowest BCUT2D eigenvalue weighted by Gasteiger charge is -2.39. The van der Waals surface area contributed by atoms with Crippen molar-refractivity contribution in [3.8, 4) is 0 Å². The van der Waals surface area contributed by atoms with Gasteiger partial charge in [-0.1, -0.05) is 41.4 Å². The third-order valence-electron chi connectivity index (χ3n) is 5.66. The van der Waals surface area contributed by atoms with E-state index in [1.54, 1.807) is 6.20 Å². The summed E-state index contributed by atoms with van der Waals surface area (Å²) in [7, 11) is 0. The lowest BCUT2D eigenvalue weighted by molar-refractivity contribution is -0.131. The summed E-state index contributed by atoms with van der Waals surface area (Å²) < 4.78 is 0. The van der Waals surface area contributed by atoms with Crippen LogP contribution in [0.2, 0.25) is 5.02 Å². The number of hydrogen-bond donors (Lipinski definition) is 0. The Kier molecular flexibility index (Phi) is 4.86. The van der Waals surface area contributed by atoms with E-state index in [9.17, 15) is 4.79 Å². The Morgan fingerprint density at radius 3 is 2.85 bits per heavy atom. The van der Waals surface area contributed by atoms with Crippen LogP contribution in [-0.2, 0) is 11.2 Å². The molecule has 5 heteroatoms. The van der Waals surface area contributed by atoms with E-state index in [2.05, 4.69) is 33.8 Å². The van der Waals surface area contributed by atoms with Crippen molar-refractivity contribution in [2.75, 3.05) is 24.5 Å². The molecule has 2 fully saturated rings. The van der Waals surface area contributed by atoms with Crippen molar-refractivity contribution < 1.29 is 4.79 Å². The van der Waals surface area contributed by atoms with E-state index in [1.165, 1.54) is 5.56 Å². The second-order valence-corrected chi connectivity index (χ2v) is 7.87. The molecule has 2 saturated heterocycles. The smallest absolute Gasteiger partial charge is 0.227 e. The topological polar surface area (TPSA) is 36.4 Å². The first-order chi connectivity index (χ1) is 12.6. The van der Waals surface area contributed by atoms with Crippen LogP contribution in [0.4, 0.5) is 5.82 Å². The molecule has 0 aliphatic carbocycles. The van der Waals surface area contributed by atoms with Crippen molar-refractivity contribution >= 4 is 23.3 Å². The highest BCUT2D eigenvalue weighted by molar-refractivity contribution is 6.30. The number of halogens is 1. The Balaban J connectivity index is 1.46. The van der Waals surface area contributed by atoms with Gasteiger partial charge in [0.15, 0.2) is 0 Å². The van der Waals surface area contributed by atoms with E-state index in [0.717, 1.165) is 43.9 Å². The Morgan fingerprint density at radius 1 is 1.23 bits per heavy atom. The Bertz CT molecular complexity index is 792. The van der Waals surface area contributed by atoms with Crippen LogP contribution in [0, 0.1) is 12.8 Å². The highest BCUT2D eigenvalue weighted by Crippen LogP contribution is 2.33. The minimum atomic E-state index is 0.244. The van der Waals surface area contributed by atoms with Crippen LogP contribution in [0.25, 0.3) is 0 Å². The SMILES string of the molecule is Cc1cccc(CC(=O)N2CCC3CCN(c4ccc(Cl)cn4)CC32)c1. The second-order valence-electron chi connectivity index (χ2n) is 7.44. The molecule has 3 heterocycles. The van der Waals surface area contributed by atoms with Gasteiger partial charge in [0.1, 0.15) is 5.82 Å². The summed E-state index contributed by atoms with van der Waals surface area (Å²) in [5.74, 6) is 1.81. The van der Waals surface area contributed by atoms with Gasteiger partial charge in [-0.25, -0.2) is 4.98 Å². The Hall–Kier alpha value is -2.07. The van der Waals surface area contributed by atoms with E-state index in [-0.39, 0.29) is 5.91 Å². The fourth-order valence-electron chi connectivity index (χ4n) is 4.31. The Labute approximate surface area is 159 Å². The fraction of sp³-hybridized carbons (Fsp3) is 0.429. The summed E-state index contributed by atoms with van der Waals surface area (Å²) >= 11 is 5.96. The predicted octanol–water partition coefficient (Wildman–Crippen LogP) is 3.71. The van der Waals surface area contributed by atoms with Crippen LogP contribution in [0.5, 0.6) is 0 Å². The number of pyridine rings is 1. The molecule has 2 unspecified atom stereocenters. The van der Waals surface area contributed by atoms with E-state index < -0.39 is 0 Å². The molecule has 2 aromatic rings. The zero-order valence-corrected chi connectivity index (χ0v) is 15.8. The normalized spacial score (nSPS) is 22.4. The average molecular weight is 370 g/mol. The molecule has 1 amide bonds. The van der Waals surface area contributed by atoms with Gasteiger partial charge >= 0.3 is 0 Å². The minimum absolute atomic E-state index is 0.244. The van der Waals surface area contributed by atoms with Crippen molar-refractivity contribution in [2.24, 2.45) is 5.92 Å². The van der Waals surface area contributed by atoms with Gasteiger partial charge in [0.05, 0.1) is 17.5 Å². The number of anilines is 1. The molecule has 136 valence electrons. The van der Waals surface area contributed by atoms with Gasteiger partial charge in [-0.3, -0.25) is 4.79 Å². The van der Waals surface area contributed by atoms with Gasteiger partial charge in [-0.05, 0) is 43.4 Å². The summed E-state index contributed by atoms with van der Waals surface area (Å²) in [6.45, 7) is 4.80. The molecule has 2 aliphatic heterocycles. The lowest BCUT2D eigenvalue weighted by Crippen LogP contribution is -2.50. The number of carbonyl (C=O) groups is 1. The molecule has 26 heavy (non-hydrogen) atoms. The van der Waals surface area contributed by atoms with Gasteiger partial charge in [-0.15, -0.1) is 0 Å². The maximum atomic E-state index is 12.9. The van der Waals surface area contributed by atoms with E-state index >= 15 is 0 Å². The number of fused-ring (bicyclic) bond motifs is 1. The van der Waals surface area contributed by atoms with Gasteiger partial charge in [0.25, 0.3) is 0 Å². The highest BCUT2D eigenvalue weighted by atomic mass is 35.5. The van der Waals surface area contributed by atoms with Crippen molar-refractivity contribution in [3.63, 3.8) is 0 Å². The summed E-state index contributed by atoms with van der Waals surface area (Å²) in [5.41, 5.74) is 2.30. The number of carbonyl (C=O) groups excluding carboxylic acids is 1. The molecule has 1 aromatic heterocycles. The molecule has 1 aromatic carbocycles. The molecule has 4 rings (SSSR count). The molecular formula is C21H24ClN3O. The van der Waals surface area contributed by atoms with E-state index in [4.69, 9.17) is 11.6 Å². The molecular weight excluding hydrogens is 346 g/mol. The number of nitrogens with zero attached hydrogens (tertiary/aromatic N) is 3. The lowest BCUT2D eigenvalue weighted by atomic mass is 9.92. The van der Waals surface area contributed by atoms with Crippen LogP contribution in [0.1, 0.15) is 24.0 Å². The standard InChI is InChI=1S/C21H24ClN3O/c1-15-3-2-4-16(11-15)12-21(26)25-10-8-17-7-9-24(14-19(17)25)20-6-5-18(22)13-23-20/h2-6,11,13,17,19H,7-10,12,14H2,1H3. The van der Waals surface area contributed by atoms with Gasteiger partial charge in [-0.2, -0.15) is 0 Å². The van der Waals surface area contributed by atoms with Crippen molar-refractivity contribution in [3.05, 3.63) is 58.7 Å². The summed E-state index contributed by atoms with van der Waals surface area (Å²) in [4.78, 5) is 21.8. The highest BCUT2D eigenvalue weighted by Gasteiger charge is 2.40. The molecule has 2 aliphatic rings. The molecule has 0 N–H and O–H groups in total. The summed E-state index contributed by atoms with van der Waals surface area (Å²) in [5, 5.41) is 0.652. The maximum Gasteiger partial charge on any atom is 0.227 e. The minimum Gasteiger partial charge on any atom is -0.355 e.